The maximum absolute atomic E-state index is 13.3. The molecule has 0 bridgehead atoms. The standard InChI is InChI=1S/C26H23N3O3/c1-17-13-21(23(14-18(17)2)31-16-19-9-5-3-6-10-19)24(30)26-25(32-26)22-15-27-29(28-22)20-11-7-4-8-12-20/h3-15,25-26H,16H2,1-2H3. The second-order valence-electron chi connectivity index (χ2n) is 7.94. The molecule has 32 heavy (non-hydrogen) atoms. The first kappa shape index (κ1) is 20.2. The molecule has 0 amide bonds. The van der Waals surface area contributed by atoms with E-state index in [0.29, 0.717) is 23.6 Å². The van der Waals surface area contributed by atoms with E-state index in [1.807, 2.05) is 86.6 Å². The number of Topliss-reactive ketones (excluding diaryl/α,β-unsaturated/α-hetero) is 1. The molecule has 2 heterocycles. The summed E-state index contributed by atoms with van der Waals surface area (Å²) in [6, 6.07) is 23.3. The Kier molecular flexibility index (Phi) is 5.29. The van der Waals surface area contributed by atoms with E-state index in [1.54, 1.807) is 11.0 Å². The van der Waals surface area contributed by atoms with Crippen LogP contribution in [0.4, 0.5) is 0 Å². The van der Waals surface area contributed by atoms with Gasteiger partial charge in [0.15, 0.2) is 11.9 Å². The first-order valence-electron chi connectivity index (χ1n) is 10.6. The maximum Gasteiger partial charge on any atom is 0.198 e. The van der Waals surface area contributed by atoms with E-state index in [1.165, 1.54) is 0 Å². The number of epoxide rings is 1. The van der Waals surface area contributed by atoms with E-state index in [2.05, 4.69) is 10.2 Å². The number of ether oxygens (including phenoxy) is 2. The number of ketones is 1. The molecule has 1 aliphatic heterocycles. The summed E-state index contributed by atoms with van der Waals surface area (Å²) in [5, 5.41) is 8.81. The predicted octanol–water partition coefficient (Wildman–Crippen LogP) is 4.79. The second-order valence-corrected chi connectivity index (χ2v) is 7.94. The smallest absolute Gasteiger partial charge is 0.198 e. The Bertz CT molecular complexity index is 1250. The molecule has 1 fully saturated rings. The van der Waals surface area contributed by atoms with Crippen LogP contribution in [0.3, 0.4) is 0 Å². The van der Waals surface area contributed by atoms with E-state index < -0.39 is 12.2 Å². The fraction of sp³-hybridized carbons (Fsp3) is 0.192. The van der Waals surface area contributed by atoms with Crippen molar-refractivity contribution in [2.45, 2.75) is 32.7 Å². The quantitative estimate of drug-likeness (QED) is 0.315. The molecule has 2 atom stereocenters. The van der Waals surface area contributed by atoms with Gasteiger partial charge in [-0.05, 0) is 54.8 Å². The molecule has 4 aromatic rings. The predicted molar refractivity (Wildman–Crippen MR) is 120 cm³/mol. The van der Waals surface area contributed by atoms with Crippen LogP contribution in [0.5, 0.6) is 5.75 Å². The zero-order valence-corrected chi connectivity index (χ0v) is 17.9. The molecule has 6 heteroatoms. The Labute approximate surface area is 186 Å². The van der Waals surface area contributed by atoms with Crippen LogP contribution < -0.4 is 4.74 Å². The third-order valence-corrected chi connectivity index (χ3v) is 5.64. The van der Waals surface area contributed by atoms with Crippen LogP contribution in [0.1, 0.15) is 38.8 Å². The molecular formula is C26H23N3O3. The highest BCUT2D eigenvalue weighted by Crippen LogP contribution is 2.41. The summed E-state index contributed by atoms with van der Waals surface area (Å²) in [6.07, 6.45) is 0.665. The number of hydrogen-bond acceptors (Lipinski definition) is 5. The summed E-state index contributed by atoms with van der Waals surface area (Å²) in [4.78, 5) is 14.8. The highest BCUT2D eigenvalue weighted by Gasteiger charge is 2.48. The Balaban J connectivity index is 1.35. The zero-order valence-electron chi connectivity index (χ0n) is 17.9. The molecule has 1 aromatic heterocycles. The number of para-hydroxylation sites is 1. The lowest BCUT2D eigenvalue weighted by Gasteiger charge is -2.13. The molecule has 5 rings (SSSR count). The van der Waals surface area contributed by atoms with Crippen molar-refractivity contribution in [1.82, 2.24) is 15.0 Å². The average Bonchev–Trinajstić information content (AvgIpc) is 3.48. The summed E-state index contributed by atoms with van der Waals surface area (Å²) < 4.78 is 11.8. The third-order valence-electron chi connectivity index (χ3n) is 5.64. The average molecular weight is 425 g/mol. The molecule has 0 radical (unpaired) electrons. The van der Waals surface area contributed by atoms with Crippen LogP contribution in [0.15, 0.2) is 79.0 Å². The van der Waals surface area contributed by atoms with Gasteiger partial charge in [0.2, 0.25) is 0 Å². The molecule has 1 saturated heterocycles. The first-order valence-corrected chi connectivity index (χ1v) is 10.6. The van der Waals surface area contributed by atoms with Crippen LogP contribution in [0, 0.1) is 13.8 Å². The lowest BCUT2D eigenvalue weighted by molar-refractivity contribution is 0.0949. The van der Waals surface area contributed by atoms with Gasteiger partial charge in [0.05, 0.1) is 17.4 Å². The van der Waals surface area contributed by atoms with Crippen molar-refractivity contribution in [2.75, 3.05) is 0 Å². The van der Waals surface area contributed by atoms with Crippen molar-refractivity contribution in [3.63, 3.8) is 0 Å². The van der Waals surface area contributed by atoms with E-state index in [-0.39, 0.29) is 5.78 Å². The fourth-order valence-electron chi connectivity index (χ4n) is 3.62. The van der Waals surface area contributed by atoms with Crippen molar-refractivity contribution < 1.29 is 14.3 Å². The van der Waals surface area contributed by atoms with Crippen LogP contribution in [-0.4, -0.2) is 26.9 Å². The molecule has 1 aliphatic rings. The molecule has 6 nitrogen and oxygen atoms in total. The van der Waals surface area contributed by atoms with E-state index in [4.69, 9.17) is 9.47 Å². The van der Waals surface area contributed by atoms with Crippen LogP contribution in [0.25, 0.3) is 5.69 Å². The zero-order chi connectivity index (χ0) is 22.1. The van der Waals surface area contributed by atoms with Gasteiger partial charge < -0.3 is 9.47 Å². The van der Waals surface area contributed by atoms with Crippen molar-refractivity contribution in [3.8, 4) is 11.4 Å². The number of nitrogens with zero attached hydrogens (tertiary/aromatic N) is 3. The molecule has 160 valence electrons. The van der Waals surface area contributed by atoms with Crippen molar-refractivity contribution in [1.29, 1.82) is 0 Å². The van der Waals surface area contributed by atoms with Crippen LogP contribution in [-0.2, 0) is 11.3 Å². The largest absolute Gasteiger partial charge is 0.488 e. The van der Waals surface area contributed by atoms with Crippen LogP contribution in [0.2, 0.25) is 0 Å². The number of hydrogen-bond donors (Lipinski definition) is 0. The van der Waals surface area contributed by atoms with Gasteiger partial charge in [0.1, 0.15) is 24.2 Å². The van der Waals surface area contributed by atoms with Gasteiger partial charge in [-0.1, -0.05) is 48.5 Å². The molecule has 3 aromatic carbocycles. The highest BCUT2D eigenvalue weighted by atomic mass is 16.6. The first-order chi connectivity index (χ1) is 15.6. The van der Waals surface area contributed by atoms with Gasteiger partial charge in [-0.2, -0.15) is 15.0 Å². The van der Waals surface area contributed by atoms with Gasteiger partial charge >= 0.3 is 0 Å². The summed E-state index contributed by atoms with van der Waals surface area (Å²) in [5.41, 5.74) is 5.18. The Morgan fingerprint density at radius 2 is 1.69 bits per heavy atom. The normalized spacial score (nSPS) is 17.2. The molecular weight excluding hydrogens is 402 g/mol. The van der Waals surface area contributed by atoms with Crippen molar-refractivity contribution >= 4 is 5.78 Å². The van der Waals surface area contributed by atoms with Gasteiger partial charge in [-0.25, -0.2) is 0 Å². The lowest BCUT2D eigenvalue weighted by Crippen LogP contribution is -2.12. The number of carbonyl (C=O) groups is 1. The molecule has 0 spiro atoms. The molecule has 0 aliphatic carbocycles. The molecule has 2 unspecified atom stereocenters. The summed E-state index contributed by atoms with van der Waals surface area (Å²) in [7, 11) is 0. The third kappa shape index (κ3) is 4.05. The minimum Gasteiger partial charge on any atom is -0.488 e. The lowest BCUT2D eigenvalue weighted by atomic mass is 9.99. The number of aryl methyl sites for hydroxylation is 2. The number of rotatable bonds is 7. The number of carbonyl (C=O) groups excluding carboxylic acids is 1. The van der Waals surface area contributed by atoms with Gasteiger partial charge in [0, 0.05) is 0 Å². The fourth-order valence-corrected chi connectivity index (χ4v) is 3.62. The minimum atomic E-state index is -0.586. The van der Waals surface area contributed by atoms with E-state index in [9.17, 15) is 4.79 Å². The van der Waals surface area contributed by atoms with Gasteiger partial charge in [-0.3, -0.25) is 4.79 Å². The van der Waals surface area contributed by atoms with Crippen LogP contribution >= 0.6 is 0 Å². The summed E-state index contributed by atoms with van der Waals surface area (Å²) in [5.74, 6) is 0.472. The molecule has 0 saturated carbocycles. The summed E-state index contributed by atoms with van der Waals surface area (Å²) in [6.45, 7) is 4.39. The Morgan fingerprint density at radius 3 is 2.44 bits per heavy atom. The number of benzene rings is 3. The Morgan fingerprint density at radius 1 is 1.00 bits per heavy atom. The molecule has 0 N–H and O–H groups in total. The topological polar surface area (TPSA) is 69.5 Å². The monoisotopic (exact) mass is 425 g/mol. The van der Waals surface area contributed by atoms with E-state index >= 15 is 0 Å². The van der Waals surface area contributed by atoms with Gasteiger partial charge in [-0.15, -0.1) is 0 Å². The number of aromatic nitrogens is 3. The second kappa shape index (κ2) is 8.40. The van der Waals surface area contributed by atoms with Gasteiger partial charge in [0.25, 0.3) is 0 Å². The maximum atomic E-state index is 13.3. The SMILES string of the molecule is Cc1cc(OCc2ccccc2)c(C(=O)C2OC2c2cnn(-c3ccccc3)n2)cc1C. The van der Waals surface area contributed by atoms with E-state index in [0.717, 1.165) is 22.4 Å². The Hall–Kier alpha value is -3.77. The van der Waals surface area contributed by atoms with Crippen molar-refractivity contribution in [3.05, 3.63) is 107 Å². The minimum absolute atomic E-state index is 0.101. The highest BCUT2D eigenvalue weighted by molar-refractivity contribution is 6.03. The summed E-state index contributed by atoms with van der Waals surface area (Å²) >= 11 is 0. The van der Waals surface area contributed by atoms with Crippen molar-refractivity contribution in [2.24, 2.45) is 0 Å².